The first-order valence-corrected chi connectivity index (χ1v) is 11.1. The van der Waals surface area contributed by atoms with Crippen LogP contribution in [0.3, 0.4) is 0 Å². The van der Waals surface area contributed by atoms with E-state index in [0.717, 1.165) is 23.3 Å². The molecule has 0 aliphatic rings. The van der Waals surface area contributed by atoms with Gasteiger partial charge < -0.3 is 20.4 Å². The van der Waals surface area contributed by atoms with E-state index >= 15 is 0 Å². The minimum atomic E-state index is -4.71. The summed E-state index contributed by atoms with van der Waals surface area (Å²) in [5.74, 6) is -1.05. The first-order chi connectivity index (χ1) is 17.6. The number of anilines is 2. The molecule has 37 heavy (non-hydrogen) atoms. The Kier molecular flexibility index (Phi) is 7.12. The maximum absolute atomic E-state index is 13.4. The average Bonchev–Trinajstić information content (AvgIpc) is 3.26. The van der Waals surface area contributed by atoms with Crippen molar-refractivity contribution in [3.8, 4) is 0 Å². The summed E-state index contributed by atoms with van der Waals surface area (Å²) >= 11 is 0. The van der Waals surface area contributed by atoms with Gasteiger partial charge in [-0.05, 0) is 48.4 Å². The van der Waals surface area contributed by atoms with Gasteiger partial charge in [-0.2, -0.15) is 13.2 Å². The molecule has 4 rings (SSSR count). The summed E-state index contributed by atoms with van der Waals surface area (Å²) in [4.78, 5) is 33.6. The molecule has 0 aliphatic heterocycles. The van der Waals surface area contributed by atoms with Crippen LogP contribution in [-0.2, 0) is 17.5 Å². The SMILES string of the molecule is C=Cc1cccc(NC(=O)c2cc(NC(=O)c3ccccc3C(F)(F)F)cc3[nH]c(COC)nc23)c1C. The molecule has 0 atom stereocenters. The molecule has 2 amide bonds. The lowest BCUT2D eigenvalue weighted by molar-refractivity contribution is -0.137. The number of rotatable bonds is 7. The van der Waals surface area contributed by atoms with Gasteiger partial charge in [0, 0.05) is 18.5 Å². The van der Waals surface area contributed by atoms with E-state index in [4.69, 9.17) is 4.74 Å². The van der Waals surface area contributed by atoms with Gasteiger partial charge in [0.25, 0.3) is 11.8 Å². The van der Waals surface area contributed by atoms with Gasteiger partial charge in [0.15, 0.2) is 0 Å². The third-order valence-corrected chi connectivity index (χ3v) is 5.74. The molecule has 0 saturated carbocycles. The fourth-order valence-electron chi connectivity index (χ4n) is 3.95. The molecule has 0 aliphatic carbocycles. The lowest BCUT2D eigenvalue weighted by atomic mass is 10.1. The molecule has 0 spiro atoms. The van der Waals surface area contributed by atoms with E-state index in [1.54, 1.807) is 18.2 Å². The molecule has 190 valence electrons. The predicted octanol–water partition coefficient (Wildman–Crippen LogP) is 6.18. The maximum atomic E-state index is 13.4. The summed E-state index contributed by atoms with van der Waals surface area (Å²) in [6.45, 7) is 5.74. The Labute approximate surface area is 210 Å². The monoisotopic (exact) mass is 508 g/mol. The largest absolute Gasteiger partial charge is 0.417 e. The van der Waals surface area contributed by atoms with Crippen molar-refractivity contribution in [2.45, 2.75) is 19.7 Å². The van der Waals surface area contributed by atoms with Gasteiger partial charge in [-0.15, -0.1) is 0 Å². The summed E-state index contributed by atoms with van der Waals surface area (Å²) in [5, 5.41) is 5.32. The average molecular weight is 509 g/mol. The molecule has 0 bridgehead atoms. The molecule has 4 aromatic rings. The van der Waals surface area contributed by atoms with Crippen molar-refractivity contribution in [3.63, 3.8) is 0 Å². The van der Waals surface area contributed by atoms with E-state index in [1.165, 1.54) is 31.4 Å². The minimum Gasteiger partial charge on any atom is -0.377 e. The number of halogens is 3. The molecule has 0 fully saturated rings. The molecule has 0 unspecified atom stereocenters. The van der Waals surface area contributed by atoms with E-state index in [-0.39, 0.29) is 17.9 Å². The molecular formula is C27H23F3N4O3. The number of aromatic nitrogens is 2. The smallest absolute Gasteiger partial charge is 0.377 e. The highest BCUT2D eigenvalue weighted by Crippen LogP contribution is 2.32. The number of imidazole rings is 1. The molecular weight excluding hydrogens is 485 g/mol. The number of methoxy groups -OCH3 is 1. The van der Waals surface area contributed by atoms with E-state index < -0.39 is 29.1 Å². The van der Waals surface area contributed by atoms with Crippen molar-refractivity contribution < 1.29 is 27.5 Å². The van der Waals surface area contributed by atoms with Crippen LogP contribution in [0.15, 0.2) is 61.2 Å². The number of nitrogens with zero attached hydrogens (tertiary/aromatic N) is 1. The third-order valence-electron chi connectivity index (χ3n) is 5.74. The highest BCUT2D eigenvalue weighted by molar-refractivity contribution is 6.14. The normalized spacial score (nSPS) is 11.4. The van der Waals surface area contributed by atoms with Crippen LogP contribution < -0.4 is 10.6 Å². The summed E-state index contributed by atoms with van der Waals surface area (Å²) in [5.41, 5.74) is 1.54. The Hall–Kier alpha value is -4.44. The molecule has 3 aromatic carbocycles. The summed E-state index contributed by atoms with van der Waals surface area (Å²) in [7, 11) is 1.49. The number of carbonyl (C=O) groups is 2. The van der Waals surface area contributed by atoms with E-state index in [2.05, 4.69) is 27.2 Å². The second kappa shape index (κ2) is 10.3. The zero-order valence-electron chi connectivity index (χ0n) is 20.0. The van der Waals surface area contributed by atoms with Crippen LogP contribution in [0.2, 0.25) is 0 Å². The zero-order valence-corrected chi connectivity index (χ0v) is 20.0. The first-order valence-electron chi connectivity index (χ1n) is 11.1. The minimum absolute atomic E-state index is 0.110. The molecule has 0 saturated heterocycles. The number of aromatic amines is 1. The summed E-state index contributed by atoms with van der Waals surface area (Å²) < 4.78 is 45.4. The number of carbonyl (C=O) groups excluding carboxylic acids is 2. The highest BCUT2D eigenvalue weighted by Gasteiger charge is 2.35. The van der Waals surface area contributed by atoms with Crippen molar-refractivity contribution in [1.82, 2.24) is 9.97 Å². The number of amides is 2. The van der Waals surface area contributed by atoms with Gasteiger partial charge in [-0.25, -0.2) is 4.98 Å². The quantitative estimate of drug-likeness (QED) is 0.278. The van der Waals surface area contributed by atoms with Crippen molar-refractivity contribution >= 4 is 40.3 Å². The van der Waals surface area contributed by atoms with Gasteiger partial charge in [0.1, 0.15) is 17.9 Å². The van der Waals surface area contributed by atoms with Crippen molar-refractivity contribution in [2.24, 2.45) is 0 Å². The predicted molar refractivity (Wildman–Crippen MR) is 135 cm³/mol. The standard InChI is InChI=1S/C27H23F3N4O3/c1-4-16-8-7-11-21(15(16)2)33-26(36)19-12-17(13-22-24(19)34-23(32-22)14-37-3)31-25(35)18-9-5-6-10-20(18)27(28,29)30/h4-13H,1,14H2,2-3H3,(H,31,35)(H,32,34)(H,33,36). The fourth-order valence-corrected chi connectivity index (χ4v) is 3.95. The second-order valence-electron chi connectivity index (χ2n) is 8.21. The molecule has 3 N–H and O–H groups in total. The zero-order chi connectivity index (χ0) is 26.7. The number of H-pyrrole nitrogens is 1. The Morgan fingerprint density at radius 1 is 1.05 bits per heavy atom. The highest BCUT2D eigenvalue weighted by atomic mass is 19.4. The van der Waals surface area contributed by atoms with Crippen LogP contribution >= 0.6 is 0 Å². The van der Waals surface area contributed by atoms with E-state index in [9.17, 15) is 22.8 Å². The number of hydrogen-bond acceptors (Lipinski definition) is 4. The molecule has 7 nitrogen and oxygen atoms in total. The Balaban J connectivity index is 1.74. The molecule has 10 heteroatoms. The van der Waals surface area contributed by atoms with Crippen molar-refractivity contribution in [3.05, 3.63) is 94.8 Å². The van der Waals surface area contributed by atoms with Gasteiger partial charge in [-0.1, -0.05) is 36.9 Å². The summed E-state index contributed by atoms with van der Waals surface area (Å²) in [6.07, 6.45) is -3.04. The number of ether oxygens (including phenoxy) is 1. The van der Waals surface area contributed by atoms with Crippen LogP contribution in [0, 0.1) is 6.92 Å². The number of alkyl halides is 3. The van der Waals surface area contributed by atoms with Crippen LogP contribution in [0.4, 0.5) is 24.5 Å². The number of fused-ring (bicyclic) bond motifs is 1. The lowest BCUT2D eigenvalue weighted by Crippen LogP contribution is -2.19. The van der Waals surface area contributed by atoms with E-state index in [1.807, 2.05) is 13.0 Å². The fraction of sp³-hybridized carbons (Fsp3) is 0.148. The Morgan fingerprint density at radius 3 is 2.49 bits per heavy atom. The van der Waals surface area contributed by atoms with Crippen molar-refractivity contribution in [1.29, 1.82) is 0 Å². The number of hydrogen-bond donors (Lipinski definition) is 3. The van der Waals surface area contributed by atoms with Gasteiger partial charge in [-0.3, -0.25) is 9.59 Å². The van der Waals surface area contributed by atoms with Crippen LogP contribution in [0.1, 0.15) is 43.2 Å². The van der Waals surface area contributed by atoms with E-state index in [0.29, 0.717) is 22.5 Å². The van der Waals surface area contributed by atoms with Crippen LogP contribution in [-0.4, -0.2) is 28.9 Å². The lowest BCUT2D eigenvalue weighted by Gasteiger charge is -2.14. The maximum Gasteiger partial charge on any atom is 0.417 e. The summed E-state index contributed by atoms with van der Waals surface area (Å²) in [6, 6.07) is 12.7. The number of nitrogens with one attached hydrogen (secondary N) is 3. The molecule has 1 aromatic heterocycles. The van der Waals surface area contributed by atoms with Gasteiger partial charge in [0.2, 0.25) is 0 Å². The molecule has 0 radical (unpaired) electrons. The first kappa shape index (κ1) is 25.6. The van der Waals surface area contributed by atoms with Crippen molar-refractivity contribution in [2.75, 3.05) is 17.7 Å². The topological polar surface area (TPSA) is 96.1 Å². The molecule has 1 heterocycles. The van der Waals surface area contributed by atoms with Crippen LogP contribution in [0.5, 0.6) is 0 Å². The second-order valence-corrected chi connectivity index (χ2v) is 8.21. The Bertz CT molecular complexity index is 1510. The Morgan fingerprint density at radius 2 is 1.78 bits per heavy atom. The van der Waals surface area contributed by atoms with Gasteiger partial charge in [0.05, 0.1) is 22.2 Å². The van der Waals surface area contributed by atoms with Gasteiger partial charge >= 0.3 is 6.18 Å². The number of benzene rings is 3. The third kappa shape index (κ3) is 5.39. The van der Waals surface area contributed by atoms with Crippen LogP contribution in [0.25, 0.3) is 17.1 Å².